The number of piperidine rings is 2. The molecular formula is C24H27Cl2N3O3. The Hall–Kier alpha value is -2.28. The van der Waals surface area contributed by atoms with E-state index in [0.717, 1.165) is 32.1 Å². The predicted molar refractivity (Wildman–Crippen MR) is 127 cm³/mol. The Balaban J connectivity index is 1.38. The number of anilines is 1. The quantitative estimate of drug-likeness (QED) is 0.631. The molecule has 2 atom stereocenters. The second-order valence-electron chi connectivity index (χ2n) is 8.43. The van der Waals surface area contributed by atoms with Gasteiger partial charge in [-0.25, -0.2) is 0 Å². The summed E-state index contributed by atoms with van der Waals surface area (Å²) in [5.74, 6) is 0.358. The standard InChI is InChI=1S/C24H27Cl2N3O3/c1-32-22-8-3-2-7-19(22)24(31)27-16-12-17-5-4-6-18(13-16)29(17)14-23(30)28-21-10-9-15(25)11-20(21)26/h2-3,7-11,16-18H,4-6,12-14H2,1H3,(H,27,31)(H,28,30). The first-order chi connectivity index (χ1) is 15.4. The first-order valence-corrected chi connectivity index (χ1v) is 11.6. The maximum absolute atomic E-state index is 12.8. The molecule has 2 amide bonds. The van der Waals surface area contributed by atoms with E-state index in [-0.39, 0.29) is 29.9 Å². The number of carbonyl (C=O) groups excluding carboxylic acids is 2. The Kier molecular flexibility index (Phi) is 7.23. The number of para-hydroxylation sites is 1. The molecule has 2 saturated heterocycles. The molecule has 0 aliphatic carbocycles. The number of ether oxygens (including phenoxy) is 1. The number of carbonyl (C=O) groups is 2. The number of nitrogens with zero attached hydrogens (tertiary/aromatic N) is 1. The van der Waals surface area contributed by atoms with Gasteiger partial charge in [-0.1, -0.05) is 41.8 Å². The largest absolute Gasteiger partial charge is 0.496 e. The molecule has 2 bridgehead atoms. The predicted octanol–water partition coefficient (Wildman–Crippen LogP) is 4.76. The van der Waals surface area contributed by atoms with Crippen LogP contribution in [0.25, 0.3) is 0 Å². The lowest BCUT2D eigenvalue weighted by Crippen LogP contribution is -2.58. The lowest BCUT2D eigenvalue weighted by molar-refractivity contribution is -0.120. The molecule has 2 fully saturated rings. The molecule has 2 aromatic rings. The van der Waals surface area contributed by atoms with Crippen molar-refractivity contribution in [1.82, 2.24) is 10.2 Å². The number of hydrogen-bond acceptors (Lipinski definition) is 4. The maximum Gasteiger partial charge on any atom is 0.255 e. The van der Waals surface area contributed by atoms with E-state index in [1.807, 2.05) is 12.1 Å². The van der Waals surface area contributed by atoms with Gasteiger partial charge in [0.25, 0.3) is 5.91 Å². The van der Waals surface area contributed by atoms with Crippen LogP contribution in [0, 0.1) is 0 Å². The SMILES string of the molecule is COc1ccccc1C(=O)NC1CC2CCCC(C1)N2CC(=O)Nc1ccc(Cl)cc1Cl. The van der Waals surface area contributed by atoms with Gasteiger partial charge in [-0.05, 0) is 56.0 Å². The van der Waals surface area contributed by atoms with E-state index in [9.17, 15) is 9.59 Å². The fraction of sp³-hybridized carbons (Fsp3) is 0.417. The van der Waals surface area contributed by atoms with Crippen LogP contribution in [0.5, 0.6) is 5.75 Å². The summed E-state index contributed by atoms with van der Waals surface area (Å²) >= 11 is 12.1. The van der Waals surface area contributed by atoms with Crippen LogP contribution in [0.4, 0.5) is 5.69 Å². The van der Waals surface area contributed by atoms with E-state index in [4.69, 9.17) is 27.9 Å². The third kappa shape index (κ3) is 5.20. The summed E-state index contributed by atoms with van der Waals surface area (Å²) in [4.78, 5) is 27.9. The van der Waals surface area contributed by atoms with E-state index >= 15 is 0 Å². The minimum absolute atomic E-state index is 0.0766. The van der Waals surface area contributed by atoms with Crippen LogP contribution >= 0.6 is 23.2 Å². The second-order valence-corrected chi connectivity index (χ2v) is 9.27. The molecule has 0 spiro atoms. The Labute approximate surface area is 198 Å². The number of methoxy groups -OCH3 is 1. The molecule has 2 aromatic carbocycles. The molecule has 0 radical (unpaired) electrons. The highest BCUT2D eigenvalue weighted by Gasteiger charge is 2.39. The number of fused-ring (bicyclic) bond motifs is 2. The van der Waals surface area contributed by atoms with E-state index < -0.39 is 0 Å². The van der Waals surface area contributed by atoms with Gasteiger partial charge >= 0.3 is 0 Å². The highest BCUT2D eigenvalue weighted by atomic mass is 35.5. The van der Waals surface area contributed by atoms with Crippen LogP contribution in [0.2, 0.25) is 10.0 Å². The molecule has 2 unspecified atom stereocenters. The van der Waals surface area contributed by atoms with Gasteiger partial charge in [0.05, 0.1) is 29.9 Å². The minimum Gasteiger partial charge on any atom is -0.496 e. The summed E-state index contributed by atoms with van der Waals surface area (Å²) < 4.78 is 5.32. The number of benzene rings is 2. The molecule has 2 aliphatic heterocycles. The molecular weight excluding hydrogens is 449 g/mol. The molecule has 170 valence electrons. The van der Waals surface area contributed by atoms with Crippen LogP contribution in [0.15, 0.2) is 42.5 Å². The van der Waals surface area contributed by atoms with Crippen molar-refractivity contribution in [1.29, 1.82) is 0 Å². The fourth-order valence-electron chi connectivity index (χ4n) is 4.90. The molecule has 0 saturated carbocycles. The lowest BCUT2D eigenvalue weighted by atomic mass is 9.81. The first kappa shape index (κ1) is 22.9. The minimum atomic E-state index is -0.117. The van der Waals surface area contributed by atoms with Crippen LogP contribution < -0.4 is 15.4 Å². The third-order valence-corrected chi connectivity index (χ3v) is 6.89. The molecule has 6 nitrogen and oxygen atoms in total. The van der Waals surface area contributed by atoms with E-state index in [1.165, 1.54) is 0 Å². The van der Waals surface area contributed by atoms with E-state index in [2.05, 4.69) is 15.5 Å². The van der Waals surface area contributed by atoms with Gasteiger partial charge in [-0.3, -0.25) is 14.5 Å². The van der Waals surface area contributed by atoms with Crippen molar-refractivity contribution in [2.24, 2.45) is 0 Å². The maximum atomic E-state index is 12.8. The smallest absolute Gasteiger partial charge is 0.255 e. The monoisotopic (exact) mass is 475 g/mol. The third-order valence-electron chi connectivity index (χ3n) is 6.34. The number of rotatable bonds is 6. The fourth-order valence-corrected chi connectivity index (χ4v) is 5.35. The number of amides is 2. The van der Waals surface area contributed by atoms with Gasteiger partial charge in [0.15, 0.2) is 0 Å². The Morgan fingerprint density at radius 1 is 1.09 bits per heavy atom. The Morgan fingerprint density at radius 2 is 1.81 bits per heavy atom. The van der Waals surface area contributed by atoms with E-state index in [1.54, 1.807) is 37.4 Å². The van der Waals surface area contributed by atoms with Crippen LogP contribution in [-0.2, 0) is 4.79 Å². The van der Waals surface area contributed by atoms with Crippen molar-refractivity contribution >= 4 is 40.7 Å². The molecule has 32 heavy (non-hydrogen) atoms. The van der Waals surface area contributed by atoms with E-state index in [0.29, 0.717) is 33.6 Å². The second kappa shape index (κ2) is 10.1. The number of hydrogen-bond donors (Lipinski definition) is 2. The van der Waals surface area contributed by atoms with Gasteiger partial charge in [0.1, 0.15) is 5.75 Å². The molecule has 4 rings (SSSR count). The topological polar surface area (TPSA) is 70.7 Å². The van der Waals surface area contributed by atoms with Crippen molar-refractivity contribution in [2.75, 3.05) is 19.0 Å². The van der Waals surface area contributed by atoms with Crippen molar-refractivity contribution < 1.29 is 14.3 Å². The van der Waals surface area contributed by atoms with Gasteiger partial charge in [0, 0.05) is 23.1 Å². The summed E-state index contributed by atoms with van der Waals surface area (Å²) in [7, 11) is 1.57. The Morgan fingerprint density at radius 3 is 2.50 bits per heavy atom. The van der Waals surface area contributed by atoms with Gasteiger partial charge < -0.3 is 15.4 Å². The molecule has 2 N–H and O–H groups in total. The zero-order chi connectivity index (χ0) is 22.7. The zero-order valence-electron chi connectivity index (χ0n) is 17.9. The summed E-state index contributed by atoms with van der Waals surface area (Å²) in [6.45, 7) is 0.307. The lowest BCUT2D eigenvalue weighted by Gasteiger charge is -2.48. The van der Waals surface area contributed by atoms with Crippen molar-refractivity contribution in [3.8, 4) is 5.75 Å². The highest BCUT2D eigenvalue weighted by Crippen LogP contribution is 2.34. The van der Waals surface area contributed by atoms with Crippen molar-refractivity contribution in [3.05, 3.63) is 58.1 Å². The summed E-state index contributed by atoms with van der Waals surface area (Å²) in [5.41, 5.74) is 1.10. The van der Waals surface area contributed by atoms with Crippen molar-refractivity contribution in [3.63, 3.8) is 0 Å². The van der Waals surface area contributed by atoms with Crippen molar-refractivity contribution in [2.45, 2.75) is 50.2 Å². The van der Waals surface area contributed by atoms with Crippen LogP contribution in [0.1, 0.15) is 42.5 Å². The first-order valence-electron chi connectivity index (χ1n) is 10.9. The molecule has 0 aromatic heterocycles. The molecule has 2 heterocycles. The number of nitrogens with one attached hydrogen (secondary N) is 2. The van der Waals surface area contributed by atoms with Gasteiger partial charge in [0.2, 0.25) is 5.91 Å². The zero-order valence-corrected chi connectivity index (χ0v) is 19.5. The molecule has 2 aliphatic rings. The highest BCUT2D eigenvalue weighted by molar-refractivity contribution is 6.36. The summed E-state index contributed by atoms with van der Waals surface area (Å²) in [5, 5.41) is 7.03. The summed E-state index contributed by atoms with van der Waals surface area (Å²) in [6, 6.07) is 12.9. The number of halogens is 2. The van der Waals surface area contributed by atoms with Crippen LogP contribution in [0.3, 0.4) is 0 Å². The average molecular weight is 476 g/mol. The summed E-state index contributed by atoms with van der Waals surface area (Å²) in [6.07, 6.45) is 4.83. The normalized spacial score (nSPS) is 22.8. The van der Waals surface area contributed by atoms with Gasteiger partial charge in [-0.15, -0.1) is 0 Å². The average Bonchev–Trinajstić information content (AvgIpc) is 2.76. The Bertz CT molecular complexity index is 986. The van der Waals surface area contributed by atoms with Gasteiger partial charge in [-0.2, -0.15) is 0 Å². The van der Waals surface area contributed by atoms with Crippen LogP contribution in [-0.4, -0.2) is 48.5 Å². The molecule has 8 heteroatoms.